The zero-order valence-electron chi connectivity index (χ0n) is 16.5. The third-order valence-corrected chi connectivity index (χ3v) is 6.67. The number of hydrogen-bond donors (Lipinski definition) is 2. The summed E-state index contributed by atoms with van der Waals surface area (Å²) in [4.78, 5) is 36.7. The molecule has 3 fully saturated rings. The van der Waals surface area contributed by atoms with Crippen molar-refractivity contribution in [3.05, 3.63) is 33.7 Å². The van der Waals surface area contributed by atoms with Gasteiger partial charge in [0.15, 0.2) is 0 Å². The quantitative estimate of drug-likeness (QED) is 0.814. The van der Waals surface area contributed by atoms with Crippen LogP contribution >= 0.6 is 0 Å². The monoisotopic (exact) mass is 392 g/mol. The molecule has 0 atom stereocenters. The number of nitriles is 1. The number of aromatic nitrogens is 2. The molecule has 0 radical (unpaired) electrons. The highest BCUT2D eigenvalue weighted by Gasteiger charge is 2.45. The molecule has 0 bridgehead atoms. The van der Waals surface area contributed by atoms with Gasteiger partial charge in [0.1, 0.15) is 22.8 Å². The summed E-state index contributed by atoms with van der Waals surface area (Å²) in [7, 11) is 2.01. The third kappa shape index (κ3) is 3.15. The minimum Gasteiger partial charge on any atom is -0.368 e. The number of aromatic amines is 1. The lowest BCUT2D eigenvalue weighted by Crippen LogP contribution is -2.57. The highest BCUT2D eigenvalue weighted by Crippen LogP contribution is 2.54. The number of nitrogens with zero attached hydrogens (tertiary/aromatic N) is 4. The van der Waals surface area contributed by atoms with Gasteiger partial charge in [-0.3, -0.25) is 9.59 Å². The lowest BCUT2D eigenvalue weighted by atomic mass is 9.93. The van der Waals surface area contributed by atoms with E-state index in [0.29, 0.717) is 27.8 Å². The van der Waals surface area contributed by atoms with E-state index in [1.807, 2.05) is 7.05 Å². The summed E-state index contributed by atoms with van der Waals surface area (Å²) in [6.07, 6.45) is 4.70. The second kappa shape index (κ2) is 6.56. The van der Waals surface area contributed by atoms with E-state index in [4.69, 9.17) is 0 Å². The second-order valence-corrected chi connectivity index (χ2v) is 8.76. The molecule has 8 nitrogen and oxygen atoms in total. The smallest absolute Gasteiger partial charge is 0.270 e. The first-order valence-electron chi connectivity index (χ1n) is 10.2. The molecule has 2 aromatic heterocycles. The predicted octanol–water partition coefficient (Wildman–Crippen LogP) is 1.22. The van der Waals surface area contributed by atoms with Crippen LogP contribution in [0.15, 0.2) is 16.9 Å². The van der Waals surface area contributed by atoms with Crippen LogP contribution in [0, 0.1) is 16.7 Å². The van der Waals surface area contributed by atoms with Crippen molar-refractivity contribution < 1.29 is 4.79 Å². The van der Waals surface area contributed by atoms with Crippen molar-refractivity contribution in [3.8, 4) is 6.07 Å². The van der Waals surface area contributed by atoms with Gasteiger partial charge in [-0.2, -0.15) is 5.26 Å². The molecule has 1 amide bonds. The van der Waals surface area contributed by atoms with Crippen molar-refractivity contribution >= 4 is 22.6 Å². The number of carbonyl (C=O) groups excluding carboxylic acids is 1. The topological polar surface area (TPSA) is 105 Å². The first kappa shape index (κ1) is 18.1. The number of likely N-dealkylation sites (tertiary alicyclic amines) is 1. The van der Waals surface area contributed by atoms with E-state index in [0.717, 1.165) is 39.0 Å². The molecule has 5 rings (SSSR count). The lowest BCUT2D eigenvalue weighted by Gasteiger charge is -2.36. The highest BCUT2D eigenvalue weighted by molar-refractivity contribution is 5.98. The third-order valence-electron chi connectivity index (χ3n) is 6.67. The molecule has 150 valence electrons. The fourth-order valence-electron chi connectivity index (χ4n) is 4.62. The number of rotatable bonds is 3. The number of pyridine rings is 2. The van der Waals surface area contributed by atoms with Gasteiger partial charge in [0.25, 0.3) is 11.5 Å². The van der Waals surface area contributed by atoms with Gasteiger partial charge in [-0.15, -0.1) is 0 Å². The van der Waals surface area contributed by atoms with Crippen LogP contribution in [0.3, 0.4) is 0 Å². The van der Waals surface area contributed by atoms with E-state index in [9.17, 15) is 14.9 Å². The van der Waals surface area contributed by atoms with Crippen LogP contribution in [-0.4, -0.2) is 60.0 Å². The molecule has 2 aromatic rings. The number of nitrogens with one attached hydrogen (secondary N) is 2. The molecular formula is C21H24N6O2. The largest absolute Gasteiger partial charge is 0.368 e. The van der Waals surface area contributed by atoms with Gasteiger partial charge in [0.05, 0.1) is 17.2 Å². The van der Waals surface area contributed by atoms with Crippen molar-refractivity contribution in [3.63, 3.8) is 0 Å². The van der Waals surface area contributed by atoms with Crippen LogP contribution in [-0.2, 0) is 0 Å². The summed E-state index contributed by atoms with van der Waals surface area (Å²) in [5.74, 6) is -0.226. The van der Waals surface area contributed by atoms with E-state index in [1.165, 1.54) is 12.8 Å². The van der Waals surface area contributed by atoms with E-state index < -0.39 is 5.56 Å². The van der Waals surface area contributed by atoms with Gasteiger partial charge in [-0.1, -0.05) is 0 Å². The number of hydrogen-bond acceptors (Lipinski definition) is 6. The lowest BCUT2D eigenvalue weighted by molar-refractivity contribution is 0.0853. The van der Waals surface area contributed by atoms with Crippen LogP contribution in [0.5, 0.6) is 0 Å². The standard InChI is InChI=1S/C21H24N6O2/c1-26-11-13(12-26)23-20(29)16-3-2-15-17(24-16)18(14(10-22)19(28)25-15)27-8-6-21(4-5-21)7-9-27/h2-3,13H,4-9,11-12H2,1H3,(H,23,29)(H,25,28). The van der Waals surface area contributed by atoms with E-state index >= 15 is 0 Å². The van der Waals surface area contributed by atoms with Crippen molar-refractivity contribution in [1.29, 1.82) is 5.26 Å². The Morgan fingerprint density at radius 1 is 1.28 bits per heavy atom. The Bertz CT molecular complexity index is 1080. The van der Waals surface area contributed by atoms with Gasteiger partial charge in [0.2, 0.25) is 0 Å². The van der Waals surface area contributed by atoms with Gasteiger partial charge in [-0.05, 0) is 50.3 Å². The maximum atomic E-state index is 12.7. The van der Waals surface area contributed by atoms with Crippen LogP contribution in [0.4, 0.5) is 5.69 Å². The predicted molar refractivity (Wildman–Crippen MR) is 109 cm³/mol. The Balaban J connectivity index is 1.53. The van der Waals surface area contributed by atoms with Crippen LogP contribution in [0.2, 0.25) is 0 Å². The molecule has 29 heavy (non-hydrogen) atoms. The number of carbonyl (C=O) groups is 1. The van der Waals surface area contributed by atoms with Crippen molar-refractivity contribution in [1.82, 2.24) is 20.2 Å². The molecule has 1 spiro atoms. The van der Waals surface area contributed by atoms with Gasteiger partial charge < -0.3 is 20.1 Å². The minimum atomic E-state index is -0.404. The first-order chi connectivity index (χ1) is 14.0. The highest BCUT2D eigenvalue weighted by atomic mass is 16.2. The molecule has 8 heteroatoms. The molecule has 4 heterocycles. The molecule has 1 aliphatic carbocycles. The van der Waals surface area contributed by atoms with Crippen LogP contribution in [0.25, 0.3) is 11.0 Å². The number of anilines is 1. The SMILES string of the molecule is CN1CC(NC(=O)c2ccc3[nH]c(=O)c(C#N)c(N4CCC5(CC4)CC5)c3n2)C1. The van der Waals surface area contributed by atoms with Crippen molar-refractivity contribution in [2.24, 2.45) is 5.41 Å². The Morgan fingerprint density at radius 2 is 2.00 bits per heavy atom. The molecule has 2 saturated heterocycles. The average molecular weight is 392 g/mol. The number of likely N-dealkylation sites (N-methyl/N-ethyl adjacent to an activating group) is 1. The summed E-state index contributed by atoms with van der Waals surface area (Å²) in [6.45, 7) is 3.26. The summed E-state index contributed by atoms with van der Waals surface area (Å²) in [6, 6.07) is 5.53. The zero-order valence-corrected chi connectivity index (χ0v) is 16.5. The van der Waals surface area contributed by atoms with Crippen LogP contribution in [0.1, 0.15) is 41.7 Å². The van der Waals surface area contributed by atoms with Gasteiger partial charge in [-0.25, -0.2) is 4.98 Å². The summed E-state index contributed by atoms with van der Waals surface area (Å²) in [5.41, 5.74) is 2.10. The number of H-pyrrole nitrogens is 1. The maximum Gasteiger partial charge on any atom is 0.270 e. The molecule has 2 aliphatic heterocycles. The molecule has 0 unspecified atom stereocenters. The van der Waals surface area contributed by atoms with E-state index in [2.05, 4.69) is 31.2 Å². The molecule has 1 saturated carbocycles. The number of fused-ring (bicyclic) bond motifs is 1. The summed E-state index contributed by atoms with van der Waals surface area (Å²) < 4.78 is 0. The minimum absolute atomic E-state index is 0.0786. The van der Waals surface area contributed by atoms with E-state index in [1.54, 1.807) is 12.1 Å². The normalized spacial score (nSPS) is 21.0. The Labute approximate surface area is 168 Å². The fourth-order valence-corrected chi connectivity index (χ4v) is 4.62. The Kier molecular flexibility index (Phi) is 4.10. The fraction of sp³-hybridized carbons (Fsp3) is 0.524. The van der Waals surface area contributed by atoms with Gasteiger partial charge in [0, 0.05) is 26.2 Å². The first-order valence-corrected chi connectivity index (χ1v) is 10.2. The van der Waals surface area contributed by atoms with Crippen LogP contribution < -0.4 is 15.8 Å². The van der Waals surface area contributed by atoms with Gasteiger partial charge >= 0.3 is 0 Å². The molecular weight excluding hydrogens is 368 g/mol. The summed E-state index contributed by atoms with van der Waals surface area (Å²) in [5, 5.41) is 12.6. The molecule has 2 N–H and O–H groups in total. The Hall–Kier alpha value is -2.92. The average Bonchev–Trinajstić information content (AvgIpc) is 3.45. The zero-order chi connectivity index (χ0) is 20.2. The second-order valence-electron chi connectivity index (χ2n) is 8.76. The molecule has 0 aromatic carbocycles. The summed E-state index contributed by atoms with van der Waals surface area (Å²) >= 11 is 0. The van der Waals surface area contributed by atoms with Crippen molar-refractivity contribution in [2.45, 2.75) is 31.7 Å². The number of piperidine rings is 1. The number of amides is 1. The Morgan fingerprint density at radius 3 is 2.62 bits per heavy atom. The molecule has 3 aliphatic rings. The van der Waals surface area contributed by atoms with Crippen molar-refractivity contribution in [2.75, 3.05) is 38.1 Å². The van der Waals surface area contributed by atoms with E-state index in [-0.39, 0.29) is 17.5 Å². The maximum absolute atomic E-state index is 12.7.